The molecule has 0 aliphatic heterocycles. The van der Waals surface area contributed by atoms with E-state index < -0.39 is 0 Å². The van der Waals surface area contributed by atoms with Gasteiger partial charge in [-0.1, -0.05) is 19.3 Å². The fraction of sp³-hybridized carbons (Fsp3) is 0.667. The highest BCUT2D eigenvalue weighted by molar-refractivity contribution is 6.01. The molecule has 23 heavy (non-hydrogen) atoms. The zero-order valence-electron chi connectivity index (χ0n) is 14.5. The van der Waals surface area contributed by atoms with Crippen LogP contribution in [0.15, 0.2) is 0 Å². The third-order valence-corrected chi connectivity index (χ3v) is 4.89. The number of aromatic nitrogens is 1. The van der Waals surface area contributed by atoms with Gasteiger partial charge in [0.05, 0.1) is 24.4 Å². The first-order chi connectivity index (χ1) is 11.0. The van der Waals surface area contributed by atoms with E-state index in [0.717, 1.165) is 0 Å². The van der Waals surface area contributed by atoms with E-state index in [-0.39, 0.29) is 11.8 Å². The van der Waals surface area contributed by atoms with Crippen molar-refractivity contribution in [3.63, 3.8) is 0 Å². The van der Waals surface area contributed by atoms with E-state index in [9.17, 15) is 9.59 Å². The Hall–Kier alpha value is -1.62. The van der Waals surface area contributed by atoms with Crippen molar-refractivity contribution in [1.82, 2.24) is 4.98 Å². The Bertz CT molecular complexity index is 555. The lowest BCUT2D eigenvalue weighted by molar-refractivity contribution is -0.679. The van der Waals surface area contributed by atoms with E-state index in [0.29, 0.717) is 35.1 Å². The van der Waals surface area contributed by atoms with E-state index in [1.54, 1.807) is 13.8 Å². The summed E-state index contributed by atoms with van der Waals surface area (Å²) in [5, 5.41) is 2.18. The minimum Gasteiger partial charge on any atom is -0.465 e. The van der Waals surface area contributed by atoms with Crippen molar-refractivity contribution in [2.24, 2.45) is 0 Å². The number of carbonyl (C=O) groups excluding carboxylic acids is 2. The van der Waals surface area contributed by atoms with Crippen molar-refractivity contribution in [2.75, 3.05) is 13.7 Å². The first kappa shape index (κ1) is 17.7. The lowest BCUT2D eigenvalue weighted by Gasteiger charge is -2.17. The first-order valence-corrected chi connectivity index (χ1v) is 8.68. The maximum absolute atomic E-state index is 12.5. The molecule has 0 unspecified atom stereocenters. The van der Waals surface area contributed by atoms with Gasteiger partial charge in [-0.05, 0) is 45.1 Å². The minimum absolute atomic E-state index is 0.0582. The summed E-state index contributed by atoms with van der Waals surface area (Å²) < 4.78 is 4.79. The number of esters is 1. The lowest BCUT2D eigenvalue weighted by Crippen LogP contribution is -2.91. The van der Waals surface area contributed by atoms with Crippen molar-refractivity contribution in [3.05, 3.63) is 22.5 Å². The molecule has 0 radical (unpaired) electrons. The van der Waals surface area contributed by atoms with Gasteiger partial charge in [0.2, 0.25) is 5.78 Å². The summed E-state index contributed by atoms with van der Waals surface area (Å²) in [6.07, 6.45) is 8.91. The number of methoxy groups -OCH3 is 1. The SMILES string of the molecule is COC(=O)c1c(C)[nH]c(C(=O)C[NH2+]C2CCCCCCC2)c1C. The van der Waals surface area contributed by atoms with E-state index in [1.165, 1.54) is 52.1 Å². The molecular formula is C18H29N2O3+. The molecule has 0 saturated heterocycles. The number of ketones is 1. The molecule has 1 aromatic heterocycles. The maximum atomic E-state index is 12.5. The van der Waals surface area contributed by atoms with E-state index >= 15 is 0 Å². The van der Waals surface area contributed by atoms with Crippen LogP contribution in [0.2, 0.25) is 0 Å². The summed E-state index contributed by atoms with van der Waals surface area (Å²) in [7, 11) is 1.36. The molecule has 1 aliphatic carbocycles. The normalized spacial score (nSPS) is 16.7. The fourth-order valence-corrected chi connectivity index (χ4v) is 3.54. The average molecular weight is 321 g/mol. The number of aryl methyl sites for hydroxylation is 1. The number of H-pyrrole nitrogens is 1. The predicted molar refractivity (Wildman–Crippen MR) is 88.8 cm³/mol. The lowest BCUT2D eigenvalue weighted by atomic mass is 9.96. The Morgan fingerprint density at radius 1 is 1.13 bits per heavy atom. The van der Waals surface area contributed by atoms with Crippen LogP contribution in [0, 0.1) is 13.8 Å². The monoisotopic (exact) mass is 321 g/mol. The van der Waals surface area contributed by atoms with Crippen LogP contribution >= 0.6 is 0 Å². The van der Waals surface area contributed by atoms with Gasteiger partial charge < -0.3 is 15.0 Å². The predicted octanol–water partition coefficient (Wildman–Crippen LogP) is 2.28. The summed E-state index contributed by atoms with van der Waals surface area (Å²) in [5.41, 5.74) is 2.43. The summed E-state index contributed by atoms with van der Waals surface area (Å²) in [4.78, 5) is 27.4. The number of carbonyl (C=O) groups is 2. The van der Waals surface area contributed by atoms with Crippen molar-refractivity contribution >= 4 is 11.8 Å². The smallest absolute Gasteiger partial charge is 0.339 e. The van der Waals surface area contributed by atoms with Gasteiger partial charge >= 0.3 is 5.97 Å². The van der Waals surface area contributed by atoms with Gasteiger partial charge in [0.1, 0.15) is 6.54 Å². The van der Waals surface area contributed by atoms with Crippen molar-refractivity contribution in [3.8, 4) is 0 Å². The number of aromatic amines is 1. The third-order valence-electron chi connectivity index (χ3n) is 4.89. The Morgan fingerprint density at radius 3 is 2.35 bits per heavy atom. The Labute approximate surface area is 138 Å². The van der Waals surface area contributed by atoms with Gasteiger partial charge in [-0.2, -0.15) is 0 Å². The molecule has 5 heteroatoms. The number of rotatable bonds is 5. The minimum atomic E-state index is -0.390. The molecule has 0 atom stereocenters. The molecule has 5 nitrogen and oxygen atoms in total. The average Bonchev–Trinajstić information content (AvgIpc) is 2.80. The molecule has 2 rings (SSSR count). The number of nitrogens with one attached hydrogen (secondary N) is 1. The van der Waals surface area contributed by atoms with E-state index in [1.807, 2.05) is 0 Å². The Kier molecular flexibility index (Phi) is 6.39. The number of hydrogen-bond acceptors (Lipinski definition) is 3. The van der Waals surface area contributed by atoms with Crippen LogP contribution in [0.4, 0.5) is 0 Å². The van der Waals surface area contributed by atoms with Crippen molar-refractivity contribution in [1.29, 1.82) is 0 Å². The highest BCUT2D eigenvalue weighted by Gasteiger charge is 2.24. The standard InChI is InChI=1S/C18H28N2O3/c1-12-16(18(22)23-3)13(2)20-17(12)15(21)11-19-14-9-7-5-4-6-8-10-14/h14,19-20H,4-11H2,1-3H3/p+1. The first-order valence-electron chi connectivity index (χ1n) is 8.68. The molecular weight excluding hydrogens is 292 g/mol. The molecule has 3 N–H and O–H groups in total. The van der Waals surface area contributed by atoms with Gasteiger partial charge in [-0.3, -0.25) is 4.79 Å². The van der Waals surface area contributed by atoms with Gasteiger partial charge in [0.15, 0.2) is 0 Å². The van der Waals surface area contributed by atoms with Gasteiger partial charge in [0.25, 0.3) is 0 Å². The second-order valence-electron chi connectivity index (χ2n) is 6.58. The number of hydrogen-bond donors (Lipinski definition) is 2. The Balaban J connectivity index is 1.99. The van der Waals surface area contributed by atoms with E-state index in [2.05, 4.69) is 10.3 Å². The van der Waals surface area contributed by atoms with Crippen LogP contribution in [0.1, 0.15) is 77.0 Å². The zero-order chi connectivity index (χ0) is 16.8. The molecule has 0 amide bonds. The zero-order valence-corrected chi connectivity index (χ0v) is 14.5. The van der Waals surface area contributed by atoms with Crippen LogP contribution in [0.25, 0.3) is 0 Å². The second-order valence-corrected chi connectivity index (χ2v) is 6.58. The van der Waals surface area contributed by atoms with Crippen LogP contribution in [-0.2, 0) is 4.74 Å². The molecule has 1 fully saturated rings. The van der Waals surface area contributed by atoms with Crippen LogP contribution in [0.5, 0.6) is 0 Å². The fourth-order valence-electron chi connectivity index (χ4n) is 3.54. The highest BCUT2D eigenvalue weighted by Crippen LogP contribution is 2.19. The third kappa shape index (κ3) is 4.44. The summed E-state index contributed by atoms with van der Waals surface area (Å²) in [6, 6.07) is 0.552. The van der Waals surface area contributed by atoms with Gasteiger partial charge in [-0.25, -0.2) is 4.79 Å². The van der Waals surface area contributed by atoms with E-state index in [4.69, 9.17) is 4.74 Å². The molecule has 1 heterocycles. The largest absolute Gasteiger partial charge is 0.465 e. The van der Waals surface area contributed by atoms with Gasteiger partial charge in [0, 0.05) is 5.69 Å². The quantitative estimate of drug-likeness (QED) is 0.645. The second kappa shape index (κ2) is 8.29. The molecule has 0 aromatic carbocycles. The van der Waals surface area contributed by atoms with Crippen LogP contribution in [0.3, 0.4) is 0 Å². The molecule has 0 bridgehead atoms. The summed E-state index contributed by atoms with van der Waals surface area (Å²) in [5.74, 6) is -0.331. The highest BCUT2D eigenvalue weighted by atomic mass is 16.5. The molecule has 1 aromatic rings. The molecule has 1 saturated carbocycles. The van der Waals surface area contributed by atoms with Crippen LogP contribution < -0.4 is 5.32 Å². The summed E-state index contributed by atoms with van der Waals surface area (Å²) in [6.45, 7) is 4.04. The topological polar surface area (TPSA) is 75.8 Å². The number of nitrogens with two attached hydrogens (primary N) is 1. The van der Waals surface area contributed by atoms with Gasteiger partial charge in [-0.15, -0.1) is 0 Å². The Morgan fingerprint density at radius 2 is 1.74 bits per heavy atom. The number of ether oxygens (including phenoxy) is 1. The number of quaternary nitrogens is 1. The molecule has 1 aliphatic rings. The molecule has 0 spiro atoms. The summed E-state index contributed by atoms with van der Waals surface area (Å²) >= 11 is 0. The van der Waals surface area contributed by atoms with Crippen LogP contribution in [-0.4, -0.2) is 36.4 Å². The number of Topliss-reactive ketones (excluding diaryl/α,β-unsaturated/α-hetero) is 1. The van der Waals surface area contributed by atoms with Crippen molar-refractivity contribution in [2.45, 2.75) is 64.8 Å². The molecule has 128 valence electrons. The van der Waals surface area contributed by atoms with Crippen molar-refractivity contribution < 1.29 is 19.6 Å². The maximum Gasteiger partial charge on any atom is 0.339 e.